The highest BCUT2D eigenvalue weighted by Crippen LogP contribution is 2.35. The van der Waals surface area contributed by atoms with Gasteiger partial charge < -0.3 is 20.4 Å². The van der Waals surface area contributed by atoms with Gasteiger partial charge in [0.15, 0.2) is 17.2 Å². The molecule has 1 amide bonds. The van der Waals surface area contributed by atoms with Crippen LogP contribution in [0.2, 0.25) is 0 Å². The summed E-state index contributed by atoms with van der Waals surface area (Å²) < 4.78 is 8.86. The number of carbonyl (C=O) groups excluding carboxylic acids is 2. The number of fused-ring (bicyclic) bond motifs is 3. The summed E-state index contributed by atoms with van der Waals surface area (Å²) in [5.41, 5.74) is 7.88. The Morgan fingerprint density at radius 1 is 1.05 bits per heavy atom. The van der Waals surface area contributed by atoms with E-state index in [2.05, 4.69) is 5.32 Å². The number of aryl methyl sites for hydroxylation is 1. The lowest BCUT2D eigenvalue weighted by Crippen LogP contribution is -2.49. The molecule has 1 aliphatic carbocycles. The van der Waals surface area contributed by atoms with Crippen LogP contribution in [0.3, 0.4) is 0 Å². The highest BCUT2D eigenvalue weighted by Gasteiger charge is 2.30. The molecule has 2 aromatic heterocycles. The molecule has 0 bridgehead atoms. The summed E-state index contributed by atoms with van der Waals surface area (Å²) in [5.74, 6) is -0.310. The van der Waals surface area contributed by atoms with Crippen LogP contribution in [0.1, 0.15) is 46.5 Å². The van der Waals surface area contributed by atoms with Gasteiger partial charge in [0, 0.05) is 30.1 Å². The molecule has 3 N–H and O–H groups in total. The monoisotopic (exact) mass is 522 g/mol. The van der Waals surface area contributed by atoms with E-state index in [1.807, 2.05) is 30.3 Å². The lowest BCUT2D eigenvalue weighted by atomic mass is 9.91. The summed E-state index contributed by atoms with van der Waals surface area (Å²) in [5, 5.41) is 4.10. The maximum absolute atomic E-state index is 13.9. The standard InChI is InChI=1S/C28H30N4O4.ClH/c1-31-24-18-12-6-9-15-21(18)32(16-22(33)17-10-4-3-5-11-17)28(35)23(24)26(36-2)25(31)27(34)30-20-14-8-7-13-19(20)29;/h3-6,9-12,15,19-20H,7-8,13-14,16,29H2,1-2H3,(H,30,34);1H. The summed E-state index contributed by atoms with van der Waals surface area (Å²) in [6.45, 7) is -0.129. The number of amides is 1. The van der Waals surface area contributed by atoms with Gasteiger partial charge in [0.1, 0.15) is 5.39 Å². The third-order valence-corrected chi connectivity index (χ3v) is 7.21. The van der Waals surface area contributed by atoms with Gasteiger partial charge in [-0.1, -0.05) is 61.4 Å². The molecule has 2 unspecified atom stereocenters. The number of hydrogen-bond donors (Lipinski definition) is 2. The molecule has 194 valence electrons. The summed E-state index contributed by atoms with van der Waals surface area (Å²) >= 11 is 0. The second-order valence-corrected chi connectivity index (χ2v) is 9.39. The number of ether oxygens (including phenoxy) is 1. The van der Waals surface area contributed by atoms with Crippen molar-refractivity contribution >= 4 is 45.9 Å². The van der Waals surface area contributed by atoms with Crippen molar-refractivity contribution in [2.45, 2.75) is 44.3 Å². The SMILES string of the molecule is COc1c(C(=O)NC2CCCCC2N)n(C)c2c1c(=O)n(CC(=O)c1ccccc1)c1ccccc21.Cl. The van der Waals surface area contributed by atoms with Crippen molar-refractivity contribution in [3.8, 4) is 5.75 Å². The van der Waals surface area contributed by atoms with Crippen LogP contribution in [-0.4, -0.2) is 40.0 Å². The molecule has 1 fully saturated rings. The van der Waals surface area contributed by atoms with E-state index in [1.165, 1.54) is 11.7 Å². The molecule has 1 saturated carbocycles. The first kappa shape index (κ1) is 26.4. The Kier molecular flexibility index (Phi) is 7.71. The minimum absolute atomic E-state index is 0. The molecular weight excluding hydrogens is 492 g/mol. The van der Waals surface area contributed by atoms with Crippen LogP contribution in [-0.2, 0) is 13.6 Å². The number of pyridine rings is 1. The molecule has 8 nitrogen and oxygen atoms in total. The zero-order chi connectivity index (χ0) is 25.4. The number of benzene rings is 2. The predicted molar refractivity (Wildman–Crippen MR) is 147 cm³/mol. The summed E-state index contributed by atoms with van der Waals surface area (Å²) in [4.78, 5) is 40.4. The quantitative estimate of drug-likeness (QED) is 0.374. The van der Waals surface area contributed by atoms with Crippen molar-refractivity contribution in [3.63, 3.8) is 0 Å². The van der Waals surface area contributed by atoms with Gasteiger partial charge >= 0.3 is 0 Å². The number of Topliss-reactive ketones (excluding diaryl/α,β-unsaturated/α-hetero) is 1. The van der Waals surface area contributed by atoms with E-state index in [9.17, 15) is 14.4 Å². The van der Waals surface area contributed by atoms with Crippen molar-refractivity contribution in [3.05, 3.63) is 76.2 Å². The molecule has 0 aliphatic heterocycles. The van der Waals surface area contributed by atoms with Crippen molar-refractivity contribution in [2.24, 2.45) is 12.8 Å². The lowest BCUT2D eigenvalue weighted by molar-refractivity contribution is 0.0909. The first-order valence-corrected chi connectivity index (χ1v) is 12.2. The van der Waals surface area contributed by atoms with Crippen LogP contribution in [0.25, 0.3) is 21.8 Å². The van der Waals surface area contributed by atoms with Gasteiger partial charge in [-0.2, -0.15) is 0 Å². The number of rotatable bonds is 6. The first-order chi connectivity index (χ1) is 17.4. The van der Waals surface area contributed by atoms with Crippen LogP contribution in [0.5, 0.6) is 5.75 Å². The van der Waals surface area contributed by atoms with Crippen molar-refractivity contribution in [2.75, 3.05) is 7.11 Å². The highest BCUT2D eigenvalue weighted by atomic mass is 35.5. The Balaban J connectivity index is 0.00000320. The summed E-state index contributed by atoms with van der Waals surface area (Å²) in [6, 6.07) is 16.0. The number of nitrogens with zero attached hydrogens (tertiary/aromatic N) is 2. The zero-order valence-electron chi connectivity index (χ0n) is 20.9. The number of para-hydroxylation sites is 1. The molecule has 0 spiro atoms. The average molecular weight is 523 g/mol. The third kappa shape index (κ3) is 4.63. The fraction of sp³-hybridized carbons (Fsp3) is 0.321. The minimum atomic E-state index is -0.381. The number of aromatic nitrogens is 2. The third-order valence-electron chi connectivity index (χ3n) is 7.21. The number of methoxy groups -OCH3 is 1. The molecule has 2 atom stereocenters. The van der Waals surface area contributed by atoms with E-state index in [0.717, 1.165) is 31.1 Å². The summed E-state index contributed by atoms with van der Waals surface area (Å²) in [7, 11) is 3.21. The fourth-order valence-corrected chi connectivity index (χ4v) is 5.37. The van der Waals surface area contributed by atoms with E-state index >= 15 is 0 Å². The normalized spacial score (nSPS) is 17.4. The number of hydrogen-bond acceptors (Lipinski definition) is 5. The molecule has 0 saturated heterocycles. The van der Waals surface area contributed by atoms with Gasteiger partial charge in [-0.15, -0.1) is 12.4 Å². The maximum atomic E-state index is 13.9. The number of ketones is 1. The van der Waals surface area contributed by atoms with E-state index < -0.39 is 0 Å². The maximum Gasteiger partial charge on any atom is 0.272 e. The molecule has 4 aromatic rings. The topological polar surface area (TPSA) is 108 Å². The van der Waals surface area contributed by atoms with Crippen molar-refractivity contribution in [1.82, 2.24) is 14.5 Å². The largest absolute Gasteiger partial charge is 0.493 e. The lowest BCUT2D eigenvalue weighted by Gasteiger charge is -2.29. The van der Waals surface area contributed by atoms with E-state index in [1.54, 1.807) is 35.9 Å². The van der Waals surface area contributed by atoms with Gasteiger partial charge in [-0.05, 0) is 18.9 Å². The van der Waals surface area contributed by atoms with E-state index in [4.69, 9.17) is 10.5 Å². The molecule has 2 heterocycles. The summed E-state index contributed by atoms with van der Waals surface area (Å²) in [6.07, 6.45) is 3.74. The highest BCUT2D eigenvalue weighted by molar-refractivity contribution is 6.12. The van der Waals surface area contributed by atoms with Gasteiger partial charge in [-0.3, -0.25) is 19.0 Å². The Labute approximate surface area is 220 Å². The predicted octanol–water partition coefficient (Wildman–Crippen LogP) is 3.81. The van der Waals surface area contributed by atoms with Gasteiger partial charge in [-0.25, -0.2) is 0 Å². The van der Waals surface area contributed by atoms with Gasteiger partial charge in [0.25, 0.3) is 11.5 Å². The van der Waals surface area contributed by atoms with Crippen molar-refractivity contribution < 1.29 is 14.3 Å². The Morgan fingerprint density at radius 3 is 2.43 bits per heavy atom. The van der Waals surface area contributed by atoms with Crippen LogP contribution in [0.4, 0.5) is 0 Å². The average Bonchev–Trinajstić information content (AvgIpc) is 3.20. The molecule has 9 heteroatoms. The molecular formula is C28H31ClN4O4. The number of carbonyl (C=O) groups is 2. The fourth-order valence-electron chi connectivity index (χ4n) is 5.37. The van der Waals surface area contributed by atoms with Crippen molar-refractivity contribution in [1.29, 1.82) is 0 Å². The molecule has 37 heavy (non-hydrogen) atoms. The van der Waals surface area contributed by atoms with Crippen LogP contribution in [0.15, 0.2) is 59.4 Å². The van der Waals surface area contributed by atoms with E-state index in [0.29, 0.717) is 16.6 Å². The Hall–Kier alpha value is -3.62. The first-order valence-electron chi connectivity index (χ1n) is 12.2. The Morgan fingerprint density at radius 2 is 1.73 bits per heavy atom. The van der Waals surface area contributed by atoms with Crippen LogP contribution in [0, 0.1) is 0 Å². The second-order valence-electron chi connectivity index (χ2n) is 9.39. The number of nitrogens with two attached hydrogens (primary N) is 1. The smallest absolute Gasteiger partial charge is 0.272 e. The van der Waals surface area contributed by atoms with Crippen LogP contribution < -0.4 is 21.3 Å². The van der Waals surface area contributed by atoms with Gasteiger partial charge in [0.2, 0.25) is 0 Å². The molecule has 5 rings (SSSR count). The molecule has 0 radical (unpaired) electrons. The molecule has 2 aromatic carbocycles. The Bertz CT molecular complexity index is 1530. The van der Waals surface area contributed by atoms with E-state index in [-0.39, 0.29) is 65.1 Å². The minimum Gasteiger partial charge on any atom is -0.493 e. The van der Waals surface area contributed by atoms with Gasteiger partial charge in [0.05, 0.1) is 24.7 Å². The van der Waals surface area contributed by atoms with Crippen LogP contribution >= 0.6 is 12.4 Å². The zero-order valence-corrected chi connectivity index (χ0v) is 21.7. The number of nitrogens with one attached hydrogen (secondary N) is 1. The second kappa shape index (κ2) is 10.8. The molecule has 1 aliphatic rings. The number of halogens is 1.